The smallest absolute Gasteiger partial charge is 0.253 e. The standard InChI is InChI=1S/C22H31NO3/c1-8-9-10-23-14-16(11-15(2)21(23)24)17-12-20(26-7)18(22(3,4)5)13-19(17)25-6/h11-14H,8-10H2,1-7H3. The summed E-state index contributed by atoms with van der Waals surface area (Å²) in [6, 6.07) is 5.99. The predicted molar refractivity (Wildman–Crippen MR) is 108 cm³/mol. The van der Waals surface area contributed by atoms with Gasteiger partial charge in [0.25, 0.3) is 5.56 Å². The minimum atomic E-state index is -0.0625. The number of rotatable bonds is 6. The van der Waals surface area contributed by atoms with E-state index in [1.54, 1.807) is 18.8 Å². The van der Waals surface area contributed by atoms with Crippen LogP contribution in [0.15, 0.2) is 29.2 Å². The maximum atomic E-state index is 12.4. The van der Waals surface area contributed by atoms with Crippen LogP contribution in [0.2, 0.25) is 0 Å². The Morgan fingerprint density at radius 1 is 1.04 bits per heavy atom. The van der Waals surface area contributed by atoms with E-state index in [1.165, 1.54) is 0 Å². The van der Waals surface area contributed by atoms with Crippen LogP contribution in [0.3, 0.4) is 0 Å². The van der Waals surface area contributed by atoms with E-state index in [0.717, 1.165) is 53.1 Å². The van der Waals surface area contributed by atoms with Gasteiger partial charge in [0.2, 0.25) is 0 Å². The largest absolute Gasteiger partial charge is 0.496 e. The van der Waals surface area contributed by atoms with Crippen molar-refractivity contribution in [1.82, 2.24) is 4.57 Å². The summed E-state index contributed by atoms with van der Waals surface area (Å²) in [6.07, 6.45) is 3.96. The SMILES string of the molecule is CCCCn1cc(-c2cc(OC)c(C(C)(C)C)cc2OC)cc(C)c1=O. The van der Waals surface area contributed by atoms with Gasteiger partial charge in [0.1, 0.15) is 11.5 Å². The summed E-state index contributed by atoms with van der Waals surface area (Å²) in [6.45, 7) is 11.2. The van der Waals surface area contributed by atoms with Gasteiger partial charge < -0.3 is 14.0 Å². The molecule has 0 saturated carbocycles. The van der Waals surface area contributed by atoms with E-state index in [1.807, 2.05) is 31.3 Å². The van der Waals surface area contributed by atoms with Crippen LogP contribution >= 0.6 is 0 Å². The molecule has 2 rings (SSSR count). The molecule has 1 aromatic heterocycles. The first-order valence-corrected chi connectivity index (χ1v) is 9.20. The van der Waals surface area contributed by atoms with Crippen LogP contribution in [-0.2, 0) is 12.0 Å². The normalized spacial score (nSPS) is 11.5. The average Bonchev–Trinajstić information content (AvgIpc) is 2.60. The molecule has 0 radical (unpaired) electrons. The fourth-order valence-corrected chi connectivity index (χ4v) is 3.14. The summed E-state index contributed by atoms with van der Waals surface area (Å²) in [5.41, 5.74) is 3.74. The second-order valence-corrected chi connectivity index (χ2v) is 7.77. The number of nitrogens with zero attached hydrogens (tertiary/aromatic N) is 1. The van der Waals surface area contributed by atoms with Crippen LogP contribution < -0.4 is 15.0 Å². The third-order valence-corrected chi connectivity index (χ3v) is 4.66. The Morgan fingerprint density at radius 3 is 2.23 bits per heavy atom. The molecule has 0 unspecified atom stereocenters. The quantitative estimate of drug-likeness (QED) is 0.735. The average molecular weight is 357 g/mol. The Balaban J connectivity index is 2.68. The first-order valence-electron chi connectivity index (χ1n) is 9.20. The fourth-order valence-electron chi connectivity index (χ4n) is 3.14. The predicted octanol–water partition coefficient (Wildman–Crippen LogP) is 4.94. The number of aryl methyl sites for hydroxylation is 2. The van der Waals surface area contributed by atoms with E-state index in [9.17, 15) is 4.79 Å². The summed E-state index contributed by atoms with van der Waals surface area (Å²) >= 11 is 0. The van der Waals surface area contributed by atoms with Crippen LogP contribution in [0.5, 0.6) is 11.5 Å². The number of unbranched alkanes of at least 4 members (excludes halogenated alkanes) is 1. The van der Waals surface area contributed by atoms with Crippen molar-refractivity contribution in [2.45, 2.75) is 59.4 Å². The van der Waals surface area contributed by atoms with Gasteiger partial charge in [-0.05, 0) is 37.0 Å². The Hall–Kier alpha value is -2.23. The van der Waals surface area contributed by atoms with E-state index >= 15 is 0 Å². The van der Waals surface area contributed by atoms with Gasteiger partial charge >= 0.3 is 0 Å². The van der Waals surface area contributed by atoms with E-state index < -0.39 is 0 Å². The maximum Gasteiger partial charge on any atom is 0.253 e. The molecule has 2 aromatic rings. The number of hydrogen-bond donors (Lipinski definition) is 0. The lowest BCUT2D eigenvalue weighted by atomic mass is 9.85. The lowest BCUT2D eigenvalue weighted by Gasteiger charge is -2.24. The molecule has 0 aliphatic carbocycles. The molecule has 0 saturated heterocycles. The highest BCUT2D eigenvalue weighted by atomic mass is 16.5. The van der Waals surface area contributed by atoms with Crippen molar-refractivity contribution >= 4 is 0 Å². The molecule has 1 aromatic carbocycles. The van der Waals surface area contributed by atoms with Gasteiger partial charge in [-0.3, -0.25) is 4.79 Å². The van der Waals surface area contributed by atoms with Crippen molar-refractivity contribution in [2.75, 3.05) is 14.2 Å². The summed E-state index contributed by atoms with van der Waals surface area (Å²) < 4.78 is 13.1. The molecule has 0 N–H and O–H groups in total. The summed E-state index contributed by atoms with van der Waals surface area (Å²) in [5.74, 6) is 1.62. The monoisotopic (exact) mass is 357 g/mol. The van der Waals surface area contributed by atoms with Gasteiger partial charge in [0.15, 0.2) is 0 Å². The number of aromatic nitrogens is 1. The molecular formula is C22H31NO3. The van der Waals surface area contributed by atoms with Crippen molar-refractivity contribution < 1.29 is 9.47 Å². The molecule has 0 amide bonds. The zero-order valence-electron chi connectivity index (χ0n) is 17.1. The molecule has 0 aliphatic heterocycles. The van der Waals surface area contributed by atoms with Crippen molar-refractivity contribution in [3.63, 3.8) is 0 Å². The molecule has 0 fully saturated rings. The van der Waals surface area contributed by atoms with Gasteiger partial charge in [0, 0.05) is 35.0 Å². The minimum Gasteiger partial charge on any atom is -0.496 e. The minimum absolute atomic E-state index is 0.0625. The summed E-state index contributed by atoms with van der Waals surface area (Å²) in [5, 5.41) is 0. The van der Waals surface area contributed by atoms with Crippen LogP contribution in [-0.4, -0.2) is 18.8 Å². The molecule has 26 heavy (non-hydrogen) atoms. The highest BCUT2D eigenvalue weighted by Crippen LogP contribution is 2.40. The van der Waals surface area contributed by atoms with E-state index in [4.69, 9.17) is 9.47 Å². The van der Waals surface area contributed by atoms with Crippen LogP contribution in [0, 0.1) is 6.92 Å². The number of ether oxygens (including phenoxy) is 2. The maximum absolute atomic E-state index is 12.4. The lowest BCUT2D eigenvalue weighted by molar-refractivity contribution is 0.389. The zero-order chi connectivity index (χ0) is 19.5. The number of pyridine rings is 1. The van der Waals surface area contributed by atoms with E-state index in [-0.39, 0.29) is 11.0 Å². The number of hydrogen-bond acceptors (Lipinski definition) is 3. The van der Waals surface area contributed by atoms with E-state index in [2.05, 4.69) is 27.7 Å². The molecular weight excluding hydrogens is 326 g/mol. The molecule has 4 heteroatoms. The highest BCUT2D eigenvalue weighted by Gasteiger charge is 2.22. The van der Waals surface area contributed by atoms with Crippen LogP contribution in [0.1, 0.15) is 51.7 Å². The van der Waals surface area contributed by atoms with Crippen LogP contribution in [0.25, 0.3) is 11.1 Å². The Morgan fingerprint density at radius 2 is 1.69 bits per heavy atom. The van der Waals surface area contributed by atoms with Crippen molar-refractivity contribution in [3.05, 3.63) is 45.9 Å². The van der Waals surface area contributed by atoms with Crippen molar-refractivity contribution in [3.8, 4) is 22.6 Å². The first kappa shape index (κ1) is 20.1. The van der Waals surface area contributed by atoms with Gasteiger partial charge in [-0.15, -0.1) is 0 Å². The highest BCUT2D eigenvalue weighted by molar-refractivity contribution is 5.73. The molecule has 0 bridgehead atoms. The van der Waals surface area contributed by atoms with Crippen molar-refractivity contribution in [2.24, 2.45) is 0 Å². The molecule has 0 spiro atoms. The molecule has 4 nitrogen and oxygen atoms in total. The topological polar surface area (TPSA) is 40.5 Å². The van der Waals surface area contributed by atoms with Gasteiger partial charge in [0.05, 0.1) is 14.2 Å². The van der Waals surface area contributed by atoms with Gasteiger partial charge in [-0.2, -0.15) is 0 Å². The molecule has 142 valence electrons. The van der Waals surface area contributed by atoms with Crippen LogP contribution in [0.4, 0.5) is 0 Å². The molecule has 0 atom stereocenters. The van der Waals surface area contributed by atoms with E-state index in [0.29, 0.717) is 0 Å². The Kier molecular flexibility index (Phi) is 6.17. The molecule has 1 heterocycles. The zero-order valence-corrected chi connectivity index (χ0v) is 17.1. The second-order valence-electron chi connectivity index (χ2n) is 7.77. The second kappa shape index (κ2) is 7.98. The lowest BCUT2D eigenvalue weighted by Crippen LogP contribution is -2.22. The number of benzene rings is 1. The third kappa shape index (κ3) is 4.12. The number of methoxy groups -OCH3 is 2. The van der Waals surface area contributed by atoms with Gasteiger partial charge in [-0.1, -0.05) is 34.1 Å². The summed E-state index contributed by atoms with van der Waals surface area (Å²) in [7, 11) is 3.37. The summed E-state index contributed by atoms with van der Waals surface area (Å²) in [4.78, 5) is 12.4. The first-order chi connectivity index (χ1) is 12.2. The van der Waals surface area contributed by atoms with Gasteiger partial charge in [-0.25, -0.2) is 0 Å². The Bertz CT molecular complexity index is 829. The van der Waals surface area contributed by atoms with Crippen molar-refractivity contribution in [1.29, 1.82) is 0 Å². The molecule has 0 aliphatic rings. The third-order valence-electron chi connectivity index (χ3n) is 4.66. The fraction of sp³-hybridized carbons (Fsp3) is 0.500. The Labute approximate surface area is 156 Å².